The van der Waals surface area contributed by atoms with Crippen LogP contribution in [-0.4, -0.2) is 18.1 Å². The average Bonchev–Trinajstić information content (AvgIpc) is 2.34. The van der Waals surface area contributed by atoms with E-state index in [2.05, 4.69) is 16.4 Å². The normalized spacial score (nSPS) is 17.1. The number of hydrogen-bond acceptors (Lipinski definition) is 3. The van der Waals surface area contributed by atoms with Gasteiger partial charge in [0.05, 0.1) is 6.10 Å². The Morgan fingerprint density at radius 3 is 2.82 bits per heavy atom. The van der Waals surface area contributed by atoms with E-state index in [0.717, 1.165) is 23.6 Å². The van der Waals surface area contributed by atoms with Crippen LogP contribution >= 0.6 is 0 Å². The van der Waals surface area contributed by atoms with E-state index in [1.807, 2.05) is 20.2 Å². The van der Waals surface area contributed by atoms with Crippen LogP contribution in [0.4, 0.5) is 0 Å². The summed E-state index contributed by atoms with van der Waals surface area (Å²) in [5.41, 5.74) is 2.18. The maximum Gasteiger partial charge on any atom is 0.127 e. The standard InChI is InChI=1S/C14H22N2O/c1-11-8-14(12(9-15-2)10-16-11)17-13-6-4-3-5-7-13/h8,10,13,15H,3-7,9H2,1-2H3. The molecule has 1 aromatic heterocycles. The van der Waals surface area contributed by atoms with Crippen LogP contribution < -0.4 is 10.1 Å². The van der Waals surface area contributed by atoms with Crippen LogP contribution in [0.5, 0.6) is 5.75 Å². The molecule has 1 N–H and O–H groups in total. The third-order valence-electron chi connectivity index (χ3n) is 3.29. The Labute approximate surface area is 104 Å². The molecule has 0 atom stereocenters. The lowest BCUT2D eigenvalue weighted by Gasteiger charge is -2.24. The highest BCUT2D eigenvalue weighted by molar-refractivity contribution is 5.33. The topological polar surface area (TPSA) is 34.2 Å². The van der Waals surface area contributed by atoms with E-state index in [1.54, 1.807) is 0 Å². The highest BCUT2D eigenvalue weighted by Crippen LogP contribution is 2.26. The van der Waals surface area contributed by atoms with Crippen molar-refractivity contribution in [2.24, 2.45) is 0 Å². The summed E-state index contributed by atoms with van der Waals surface area (Å²) >= 11 is 0. The first-order valence-electron chi connectivity index (χ1n) is 6.56. The van der Waals surface area contributed by atoms with Crippen molar-refractivity contribution in [2.45, 2.75) is 51.7 Å². The van der Waals surface area contributed by atoms with Gasteiger partial charge in [0.25, 0.3) is 0 Å². The molecule has 3 heteroatoms. The second-order valence-corrected chi connectivity index (χ2v) is 4.84. The molecule has 1 aromatic rings. The van der Waals surface area contributed by atoms with E-state index in [0.29, 0.717) is 6.10 Å². The smallest absolute Gasteiger partial charge is 0.127 e. The minimum Gasteiger partial charge on any atom is -0.490 e. The predicted octanol–water partition coefficient (Wildman–Crippen LogP) is 2.82. The van der Waals surface area contributed by atoms with Crippen molar-refractivity contribution in [3.05, 3.63) is 23.5 Å². The second kappa shape index (κ2) is 6.01. The van der Waals surface area contributed by atoms with E-state index in [-0.39, 0.29) is 0 Å². The van der Waals surface area contributed by atoms with Crippen molar-refractivity contribution in [3.8, 4) is 5.75 Å². The monoisotopic (exact) mass is 234 g/mol. The van der Waals surface area contributed by atoms with Crippen molar-refractivity contribution >= 4 is 0 Å². The molecule has 1 aliphatic rings. The Balaban J connectivity index is 2.08. The van der Waals surface area contributed by atoms with Crippen molar-refractivity contribution in [1.29, 1.82) is 0 Å². The highest BCUT2D eigenvalue weighted by atomic mass is 16.5. The van der Waals surface area contributed by atoms with E-state index >= 15 is 0 Å². The van der Waals surface area contributed by atoms with Crippen molar-refractivity contribution in [3.63, 3.8) is 0 Å². The van der Waals surface area contributed by atoms with Crippen molar-refractivity contribution in [1.82, 2.24) is 10.3 Å². The first kappa shape index (κ1) is 12.4. The SMILES string of the molecule is CNCc1cnc(C)cc1OC1CCCCC1. The van der Waals surface area contributed by atoms with Crippen LogP contribution in [0.3, 0.4) is 0 Å². The van der Waals surface area contributed by atoms with Crippen molar-refractivity contribution < 1.29 is 4.74 Å². The lowest BCUT2D eigenvalue weighted by Crippen LogP contribution is -2.21. The number of ether oxygens (including phenoxy) is 1. The highest BCUT2D eigenvalue weighted by Gasteiger charge is 2.16. The van der Waals surface area contributed by atoms with Gasteiger partial charge in [0.15, 0.2) is 0 Å². The van der Waals surface area contributed by atoms with Gasteiger partial charge in [0, 0.05) is 30.1 Å². The first-order valence-corrected chi connectivity index (χ1v) is 6.56. The fourth-order valence-electron chi connectivity index (χ4n) is 2.36. The number of pyridine rings is 1. The zero-order valence-corrected chi connectivity index (χ0v) is 10.8. The summed E-state index contributed by atoms with van der Waals surface area (Å²) in [4.78, 5) is 4.33. The molecule has 0 aromatic carbocycles. The maximum atomic E-state index is 6.14. The lowest BCUT2D eigenvalue weighted by atomic mass is 9.98. The molecule has 0 aliphatic heterocycles. The molecular weight excluding hydrogens is 212 g/mol. The van der Waals surface area contributed by atoms with Gasteiger partial charge in [0.1, 0.15) is 5.75 Å². The summed E-state index contributed by atoms with van der Waals surface area (Å²) in [6.07, 6.45) is 8.68. The number of hydrogen-bond donors (Lipinski definition) is 1. The van der Waals surface area contributed by atoms with Gasteiger partial charge in [-0.05, 0) is 39.7 Å². The Kier molecular flexibility index (Phi) is 4.37. The quantitative estimate of drug-likeness (QED) is 0.870. The third-order valence-corrected chi connectivity index (χ3v) is 3.29. The largest absolute Gasteiger partial charge is 0.490 e. The van der Waals surface area contributed by atoms with E-state index in [9.17, 15) is 0 Å². The van der Waals surface area contributed by atoms with E-state index in [4.69, 9.17) is 4.74 Å². The molecule has 94 valence electrons. The number of nitrogens with zero attached hydrogens (tertiary/aromatic N) is 1. The summed E-state index contributed by atoms with van der Waals surface area (Å²) in [6.45, 7) is 2.83. The molecule has 0 bridgehead atoms. The molecule has 0 radical (unpaired) electrons. The predicted molar refractivity (Wildman–Crippen MR) is 69.2 cm³/mol. The second-order valence-electron chi connectivity index (χ2n) is 4.84. The molecule has 17 heavy (non-hydrogen) atoms. The molecule has 0 saturated heterocycles. The van der Waals surface area contributed by atoms with Gasteiger partial charge in [0.2, 0.25) is 0 Å². The number of aromatic nitrogens is 1. The maximum absolute atomic E-state index is 6.14. The van der Waals surface area contributed by atoms with E-state index < -0.39 is 0 Å². The number of aryl methyl sites for hydroxylation is 1. The molecule has 1 aliphatic carbocycles. The van der Waals surface area contributed by atoms with Gasteiger partial charge in [-0.3, -0.25) is 4.98 Å². The van der Waals surface area contributed by atoms with Crippen LogP contribution in [0.15, 0.2) is 12.3 Å². The molecule has 0 spiro atoms. The summed E-state index contributed by atoms with van der Waals surface area (Å²) < 4.78 is 6.14. The van der Waals surface area contributed by atoms with Gasteiger partial charge in [-0.25, -0.2) is 0 Å². The Hall–Kier alpha value is -1.09. The van der Waals surface area contributed by atoms with Crippen LogP contribution in [-0.2, 0) is 6.54 Å². The van der Waals surface area contributed by atoms with Crippen LogP contribution in [0, 0.1) is 6.92 Å². The molecule has 0 amide bonds. The fraction of sp³-hybridized carbons (Fsp3) is 0.643. The molecule has 1 heterocycles. The molecule has 1 saturated carbocycles. The Morgan fingerprint density at radius 1 is 1.35 bits per heavy atom. The van der Waals surface area contributed by atoms with Gasteiger partial charge in [-0.2, -0.15) is 0 Å². The minimum atomic E-state index is 0.404. The average molecular weight is 234 g/mol. The zero-order chi connectivity index (χ0) is 12.1. The fourth-order valence-corrected chi connectivity index (χ4v) is 2.36. The minimum absolute atomic E-state index is 0.404. The number of rotatable bonds is 4. The van der Waals surface area contributed by atoms with Crippen LogP contribution in [0.25, 0.3) is 0 Å². The van der Waals surface area contributed by atoms with Gasteiger partial charge >= 0.3 is 0 Å². The van der Waals surface area contributed by atoms with Crippen LogP contribution in [0.2, 0.25) is 0 Å². The molecule has 3 nitrogen and oxygen atoms in total. The van der Waals surface area contributed by atoms with Gasteiger partial charge < -0.3 is 10.1 Å². The van der Waals surface area contributed by atoms with Gasteiger partial charge in [-0.1, -0.05) is 6.42 Å². The van der Waals surface area contributed by atoms with E-state index in [1.165, 1.54) is 32.1 Å². The number of nitrogens with one attached hydrogen (secondary N) is 1. The summed E-state index contributed by atoms with van der Waals surface area (Å²) in [5, 5.41) is 3.16. The molecule has 2 rings (SSSR count). The summed E-state index contributed by atoms with van der Waals surface area (Å²) in [5.74, 6) is 1.01. The van der Waals surface area contributed by atoms with Crippen LogP contribution in [0.1, 0.15) is 43.4 Å². The Morgan fingerprint density at radius 2 is 2.12 bits per heavy atom. The molecular formula is C14H22N2O. The third kappa shape index (κ3) is 3.43. The first-order chi connectivity index (χ1) is 8.29. The lowest BCUT2D eigenvalue weighted by molar-refractivity contribution is 0.153. The summed E-state index contributed by atoms with van der Waals surface area (Å²) in [6, 6.07) is 2.06. The van der Waals surface area contributed by atoms with Crippen molar-refractivity contribution in [2.75, 3.05) is 7.05 Å². The Bertz CT molecular complexity index is 359. The zero-order valence-electron chi connectivity index (χ0n) is 10.8. The van der Waals surface area contributed by atoms with Gasteiger partial charge in [-0.15, -0.1) is 0 Å². The molecule has 1 fully saturated rings. The molecule has 0 unspecified atom stereocenters. The summed E-state index contributed by atoms with van der Waals surface area (Å²) in [7, 11) is 1.95.